The molecule has 4 rings (SSSR count). The van der Waals surface area contributed by atoms with Crippen LogP contribution in [0.3, 0.4) is 0 Å². The fourth-order valence-electron chi connectivity index (χ4n) is 5.72. The third-order valence-corrected chi connectivity index (χ3v) is 6.54. The predicted molar refractivity (Wildman–Crippen MR) is 70.2 cm³/mol. The standard InChI is InChI=1S/C14H22O2S/c1-12-3-10-4-13(2,7-12)9-14(5-10,8-12)17-6-11(15)16/h10H,3-9H2,1-2H3,(H,15,16)/t10?,12-,13+,14?. The average Bonchev–Trinajstić information content (AvgIpc) is 2.08. The summed E-state index contributed by atoms with van der Waals surface area (Å²) in [6.45, 7) is 4.87. The Kier molecular flexibility index (Phi) is 2.40. The number of carbonyl (C=O) groups is 1. The molecule has 96 valence electrons. The van der Waals surface area contributed by atoms with E-state index in [9.17, 15) is 4.79 Å². The molecule has 0 aromatic heterocycles. The summed E-state index contributed by atoms with van der Waals surface area (Å²) in [5.74, 6) is 0.502. The first kappa shape index (κ1) is 11.9. The lowest BCUT2D eigenvalue weighted by Crippen LogP contribution is -2.57. The van der Waals surface area contributed by atoms with Gasteiger partial charge in [-0.15, -0.1) is 11.8 Å². The summed E-state index contributed by atoms with van der Waals surface area (Å²) in [5.41, 5.74) is 0.999. The highest BCUT2D eigenvalue weighted by Gasteiger charge is 2.60. The molecule has 2 nitrogen and oxygen atoms in total. The van der Waals surface area contributed by atoms with E-state index in [-0.39, 0.29) is 0 Å². The van der Waals surface area contributed by atoms with E-state index in [1.165, 1.54) is 38.5 Å². The lowest BCUT2D eigenvalue weighted by molar-refractivity contribution is -0.134. The fraction of sp³-hybridized carbons (Fsp3) is 0.929. The molecule has 3 heteroatoms. The zero-order valence-electron chi connectivity index (χ0n) is 10.8. The maximum absolute atomic E-state index is 10.8. The van der Waals surface area contributed by atoms with Gasteiger partial charge in [-0.1, -0.05) is 13.8 Å². The monoisotopic (exact) mass is 254 g/mol. The van der Waals surface area contributed by atoms with E-state index in [0.717, 1.165) is 5.92 Å². The van der Waals surface area contributed by atoms with Gasteiger partial charge in [0.05, 0.1) is 5.75 Å². The molecular formula is C14H22O2S. The first-order valence-corrected chi connectivity index (χ1v) is 7.67. The molecule has 4 aliphatic rings. The van der Waals surface area contributed by atoms with Crippen molar-refractivity contribution < 1.29 is 9.90 Å². The Bertz CT molecular complexity index is 347. The molecule has 0 spiro atoms. The predicted octanol–water partition coefficient (Wildman–Crippen LogP) is 3.55. The van der Waals surface area contributed by atoms with Gasteiger partial charge >= 0.3 is 5.97 Å². The first-order valence-electron chi connectivity index (χ1n) is 6.68. The topological polar surface area (TPSA) is 37.3 Å². The summed E-state index contributed by atoms with van der Waals surface area (Å²) in [4.78, 5) is 10.8. The highest BCUT2D eigenvalue weighted by Crippen LogP contribution is 2.69. The van der Waals surface area contributed by atoms with E-state index in [1.807, 2.05) is 0 Å². The number of hydrogen-bond donors (Lipinski definition) is 1. The second-order valence-corrected chi connectivity index (χ2v) is 8.94. The van der Waals surface area contributed by atoms with Gasteiger partial charge in [-0.05, 0) is 55.3 Å². The van der Waals surface area contributed by atoms with Gasteiger partial charge in [0, 0.05) is 4.75 Å². The zero-order chi connectivity index (χ0) is 12.3. The van der Waals surface area contributed by atoms with Crippen LogP contribution < -0.4 is 0 Å². The number of carboxylic acid groups (broad SMARTS) is 1. The van der Waals surface area contributed by atoms with E-state index >= 15 is 0 Å². The highest BCUT2D eigenvalue weighted by atomic mass is 32.2. The van der Waals surface area contributed by atoms with E-state index in [4.69, 9.17) is 5.11 Å². The SMILES string of the molecule is C[C@]12CC3CC(SCC(=O)O)(C1)C[C@@](C)(C3)C2. The number of thioether (sulfide) groups is 1. The van der Waals surface area contributed by atoms with Crippen LogP contribution in [0.15, 0.2) is 0 Å². The molecule has 0 aliphatic heterocycles. The maximum Gasteiger partial charge on any atom is 0.313 e. The minimum Gasteiger partial charge on any atom is -0.481 e. The van der Waals surface area contributed by atoms with E-state index in [2.05, 4.69) is 13.8 Å². The second kappa shape index (κ2) is 3.43. The normalized spacial score (nSPS) is 51.8. The lowest BCUT2D eigenvalue weighted by Gasteiger charge is -2.65. The molecule has 4 atom stereocenters. The van der Waals surface area contributed by atoms with Crippen LogP contribution in [0.1, 0.15) is 52.4 Å². The molecule has 1 N–H and O–H groups in total. The quantitative estimate of drug-likeness (QED) is 0.837. The van der Waals surface area contributed by atoms with Gasteiger partial charge in [0.25, 0.3) is 0 Å². The molecule has 4 saturated carbocycles. The smallest absolute Gasteiger partial charge is 0.313 e. The van der Waals surface area contributed by atoms with E-state index in [1.54, 1.807) is 11.8 Å². The second-order valence-electron chi connectivity index (χ2n) is 7.50. The van der Waals surface area contributed by atoms with Gasteiger partial charge in [0.1, 0.15) is 0 Å². The van der Waals surface area contributed by atoms with E-state index in [0.29, 0.717) is 21.3 Å². The Morgan fingerprint density at radius 1 is 1.18 bits per heavy atom. The van der Waals surface area contributed by atoms with Crippen LogP contribution in [-0.2, 0) is 4.79 Å². The van der Waals surface area contributed by atoms with Crippen LogP contribution in [-0.4, -0.2) is 21.6 Å². The number of hydrogen-bond acceptors (Lipinski definition) is 2. The fourth-order valence-corrected chi connectivity index (χ4v) is 7.40. The van der Waals surface area contributed by atoms with Crippen LogP contribution in [0.5, 0.6) is 0 Å². The highest BCUT2D eigenvalue weighted by molar-refractivity contribution is 8.01. The third-order valence-electron chi connectivity index (χ3n) is 5.08. The van der Waals surface area contributed by atoms with Crippen molar-refractivity contribution in [1.82, 2.24) is 0 Å². The molecule has 4 bridgehead atoms. The van der Waals surface area contributed by atoms with Crippen LogP contribution >= 0.6 is 11.8 Å². The van der Waals surface area contributed by atoms with Crippen LogP contribution in [0.25, 0.3) is 0 Å². The van der Waals surface area contributed by atoms with Crippen LogP contribution in [0.2, 0.25) is 0 Å². The van der Waals surface area contributed by atoms with Gasteiger partial charge in [-0.2, -0.15) is 0 Å². The first-order chi connectivity index (χ1) is 7.82. The van der Waals surface area contributed by atoms with Crippen molar-refractivity contribution in [2.24, 2.45) is 16.7 Å². The molecular weight excluding hydrogens is 232 g/mol. The Hall–Kier alpha value is -0.180. The molecule has 0 radical (unpaired) electrons. The summed E-state index contributed by atoms with van der Waals surface area (Å²) in [6.07, 6.45) is 7.92. The van der Waals surface area contributed by atoms with Crippen molar-refractivity contribution in [1.29, 1.82) is 0 Å². The molecule has 4 aliphatic carbocycles. The summed E-state index contributed by atoms with van der Waals surface area (Å²) in [7, 11) is 0. The maximum atomic E-state index is 10.8. The van der Waals surface area contributed by atoms with Crippen LogP contribution in [0, 0.1) is 16.7 Å². The number of carboxylic acids is 1. The summed E-state index contributed by atoms with van der Waals surface area (Å²) < 4.78 is 0.293. The van der Waals surface area contributed by atoms with Crippen molar-refractivity contribution >= 4 is 17.7 Å². The van der Waals surface area contributed by atoms with Crippen molar-refractivity contribution in [3.63, 3.8) is 0 Å². The van der Waals surface area contributed by atoms with Crippen molar-refractivity contribution in [3.05, 3.63) is 0 Å². The number of aliphatic carboxylic acids is 1. The van der Waals surface area contributed by atoms with Gasteiger partial charge in [-0.25, -0.2) is 0 Å². The van der Waals surface area contributed by atoms with E-state index < -0.39 is 5.97 Å². The van der Waals surface area contributed by atoms with Gasteiger partial charge in [0.15, 0.2) is 0 Å². The molecule has 4 fully saturated rings. The van der Waals surface area contributed by atoms with Crippen molar-refractivity contribution in [2.75, 3.05) is 5.75 Å². The molecule has 0 aromatic carbocycles. The van der Waals surface area contributed by atoms with Crippen molar-refractivity contribution in [3.8, 4) is 0 Å². The summed E-state index contributed by atoms with van der Waals surface area (Å²) in [5, 5.41) is 8.92. The zero-order valence-corrected chi connectivity index (χ0v) is 11.6. The Labute approximate surface area is 108 Å². The minimum atomic E-state index is -0.652. The van der Waals surface area contributed by atoms with Gasteiger partial charge < -0.3 is 5.11 Å². The Balaban J connectivity index is 1.84. The molecule has 2 unspecified atom stereocenters. The van der Waals surface area contributed by atoms with Gasteiger partial charge in [0.2, 0.25) is 0 Å². The lowest BCUT2D eigenvalue weighted by atomic mass is 9.45. The summed E-state index contributed by atoms with van der Waals surface area (Å²) >= 11 is 1.74. The molecule has 0 amide bonds. The largest absolute Gasteiger partial charge is 0.481 e. The molecule has 0 aromatic rings. The minimum absolute atomic E-state index is 0.291. The summed E-state index contributed by atoms with van der Waals surface area (Å²) in [6, 6.07) is 0. The molecule has 17 heavy (non-hydrogen) atoms. The Morgan fingerprint density at radius 2 is 1.76 bits per heavy atom. The number of rotatable bonds is 3. The third kappa shape index (κ3) is 2.00. The molecule has 0 saturated heterocycles. The Morgan fingerprint density at radius 3 is 2.24 bits per heavy atom. The average molecular weight is 254 g/mol. The molecule has 0 heterocycles. The van der Waals surface area contributed by atoms with Crippen molar-refractivity contribution in [2.45, 2.75) is 57.1 Å². The van der Waals surface area contributed by atoms with Gasteiger partial charge in [-0.3, -0.25) is 4.79 Å². The van der Waals surface area contributed by atoms with Crippen LogP contribution in [0.4, 0.5) is 0 Å².